The predicted octanol–water partition coefficient (Wildman–Crippen LogP) is 11.0. The lowest BCUT2D eigenvalue weighted by atomic mass is 9.86. The first-order chi connectivity index (χ1) is 43.6. The molecule has 15 rings (SSSR count). The molecule has 0 spiro atoms. The first kappa shape index (κ1) is 56.8. The highest BCUT2D eigenvalue weighted by Crippen LogP contribution is 2.41. The summed E-state index contributed by atoms with van der Waals surface area (Å²) in [6.07, 6.45) is 13.7. The van der Waals surface area contributed by atoms with Gasteiger partial charge in [0, 0.05) is 145 Å². The van der Waals surface area contributed by atoms with Gasteiger partial charge in [-0.3, -0.25) is 38.8 Å². The predicted molar refractivity (Wildman–Crippen MR) is 344 cm³/mol. The molecule has 5 atom stereocenters. The maximum atomic E-state index is 14.5. The minimum absolute atomic E-state index is 0.0512. The van der Waals surface area contributed by atoms with E-state index < -0.39 is 0 Å². The first-order valence-corrected chi connectivity index (χ1v) is 32.0. The number of nitrogens with one attached hydrogen (secondary N) is 3. The number of hydrogen-bond acceptors (Lipinski definition) is 10. The SMILES string of the molecule is COc1ccc2[nH]cc(C[C@H]3CCCN3CCN3C(=O)c4ccc(C5CCN(CCN6Cc7cc(C8C[C@H](Cc9c[nH]c%10ccc(OC)cc9%10)N(CCCN9Cc%10ccccc%10C9=O)C8)ccc7C6=O)[C@H]5Cc5c[nH]c6ccc(OC)cc56)cc4C3=O)c2c1. The van der Waals surface area contributed by atoms with Crippen LogP contribution < -0.4 is 14.2 Å². The Kier molecular flexibility index (Phi) is 15.1. The van der Waals surface area contributed by atoms with Crippen molar-refractivity contribution >= 4 is 56.3 Å². The van der Waals surface area contributed by atoms with E-state index in [2.05, 4.69) is 115 Å². The Hall–Kier alpha value is -8.70. The fourth-order valence-corrected chi connectivity index (χ4v) is 16.1. The third-order valence-corrected chi connectivity index (χ3v) is 20.9. The number of hydrogen-bond donors (Lipinski definition) is 3. The number of ether oxygens (including phenoxy) is 3. The molecule has 6 aliphatic heterocycles. The van der Waals surface area contributed by atoms with Crippen molar-refractivity contribution in [2.75, 3.05) is 80.2 Å². The van der Waals surface area contributed by atoms with E-state index in [1.165, 1.54) is 37.9 Å². The normalized spacial score (nSPS) is 21.2. The van der Waals surface area contributed by atoms with Crippen LogP contribution in [0.3, 0.4) is 0 Å². The zero-order valence-corrected chi connectivity index (χ0v) is 51.1. The Balaban J connectivity index is 0.630. The number of imide groups is 1. The van der Waals surface area contributed by atoms with E-state index >= 15 is 0 Å². The lowest BCUT2D eigenvalue weighted by Crippen LogP contribution is -2.40. The van der Waals surface area contributed by atoms with Crippen molar-refractivity contribution in [2.24, 2.45) is 0 Å². The van der Waals surface area contributed by atoms with Gasteiger partial charge in [-0.2, -0.15) is 0 Å². The van der Waals surface area contributed by atoms with Crippen LogP contribution in [0.25, 0.3) is 32.7 Å². The Morgan fingerprint density at radius 1 is 0.472 bits per heavy atom. The van der Waals surface area contributed by atoms with Crippen LogP contribution in [0.5, 0.6) is 17.2 Å². The number of likely N-dealkylation sites (tertiary alicyclic amines) is 3. The molecule has 3 aromatic heterocycles. The number of fused-ring (bicyclic) bond motifs is 6. The van der Waals surface area contributed by atoms with Crippen LogP contribution in [-0.4, -0.2) is 166 Å². The van der Waals surface area contributed by atoms with Crippen LogP contribution in [0.4, 0.5) is 0 Å². The number of aromatic nitrogens is 3. The second-order valence-electron chi connectivity index (χ2n) is 25.6. The lowest BCUT2D eigenvalue weighted by molar-refractivity contribution is 0.0631. The minimum Gasteiger partial charge on any atom is -0.497 e. The second kappa shape index (κ2) is 23.7. The zero-order valence-electron chi connectivity index (χ0n) is 51.1. The molecule has 9 heterocycles. The molecule has 6 aromatic carbocycles. The highest BCUT2D eigenvalue weighted by molar-refractivity contribution is 6.21. The van der Waals surface area contributed by atoms with E-state index in [-0.39, 0.29) is 47.5 Å². The molecule has 89 heavy (non-hydrogen) atoms. The molecule has 0 radical (unpaired) electrons. The van der Waals surface area contributed by atoms with Crippen LogP contribution in [0.2, 0.25) is 0 Å². The lowest BCUT2D eigenvalue weighted by Gasteiger charge is -2.30. The molecule has 6 aliphatic rings. The van der Waals surface area contributed by atoms with Gasteiger partial charge in [-0.25, -0.2) is 0 Å². The van der Waals surface area contributed by atoms with Gasteiger partial charge >= 0.3 is 0 Å². The van der Waals surface area contributed by atoms with Gasteiger partial charge in [-0.15, -0.1) is 0 Å². The molecule has 0 aliphatic carbocycles. The van der Waals surface area contributed by atoms with Crippen molar-refractivity contribution < 1.29 is 33.4 Å². The highest BCUT2D eigenvalue weighted by Gasteiger charge is 2.42. The van der Waals surface area contributed by atoms with Gasteiger partial charge in [0.25, 0.3) is 23.6 Å². The van der Waals surface area contributed by atoms with Crippen molar-refractivity contribution in [3.8, 4) is 17.2 Å². The molecule has 16 nitrogen and oxygen atoms in total. The zero-order chi connectivity index (χ0) is 60.4. The van der Waals surface area contributed by atoms with Gasteiger partial charge in [0.05, 0.1) is 32.5 Å². The summed E-state index contributed by atoms with van der Waals surface area (Å²) in [5.74, 6) is 2.59. The number of aromatic amines is 3. The minimum atomic E-state index is -0.218. The Morgan fingerprint density at radius 2 is 1.06 bits per heavy atom. The summed E-state index contributed by atoms with van der Waals surface area (Å²) >= 11 is 0. The second-order valence-corrected chi connectivity index (χ2v) is 25.6. The van der Waals surface area contributed by atoms with Gasteiger partial charge in [0.15, 0.2) is 0 Å². The Morgan fingerprint density at radius 3 is 1.73 bits per heavy atom. The first-order valence-electron chi connectivity index (χ1n) is 32.0. The van der Waals surface area contributed by atoms with E-state index in [1.807, 2.05) is 58.3 Å². The van der Waals surface area contributed by atoms with Crippen molar-refractivity contribution in [1.29, 1.82) is 0 Å². The molecular formula is C73H77N9O7. The van der Waals surface area contributed by atoms with Crippen LogP contribution in [0.15, 0.2) is 134 Å². The van der Waals surface area contributed by atoms with Gasteiger partial charge in [0.1, 0.15) is 17.2 Å². The van der Waals surface area contributed by atoms with Crippen LogP contribution in [-0.2, 0) is 32.4 Å². The number of H-pyrrole nitrogens is 3. The number of benzene rings is 6. The molecule has 0 bridgehead atoms. The molecule has 9 aromatic rings. The fourth-order valence-electron chi connectivity index (χ4n) is 16.1. The number of carbonyl (C=O) groups excluding carboxylic acids is 4. The number of carbonyl (C=O) groups is 4. The molecule has 16 heteroatoms. The van der Waals surface area contributed by atoms with Crippen LogP contribution in [0.1, 0.15) is 124 Å². The molecular weight excluding hydrogens is 1110 g/mol. The van der Waals surface area contributed by atoms with Gasteiger partial charge < -0.3 is 39.0 Å². The third kappa shape index (κ3) is 10.6. The molecule has 456 valence electrons. The molecule has 0 saturated carbocycles. The largest absolute Gasteiger partial charge is 0.497 e. The molecule has 3 saturated heterocycles. The standard InChI is InChI=1S/C73H77N9O7/c1-87-55-13-18-66-62(36-55)48(39-74-66)31-53-9-6-22-77(53)28-29-82-72(85)61-17-12-46(34-65(61)73(82)86)58-21-25-78(69(58)35-50-41-76-68-20-15-57(89-3)38-64(50)68)26-27-81-44-52-30-45(11-16-60(52)71(81)84)51-33-54(32-49-40-75-67-19-14-56(88-2)37-63(49)67)79(43-51)23-7-24-80-42-47-8-4-5-10-59(47)70(80)83/h4-5,8,10-20,30,34,36-41,51,53-54,58,69,74-76H,6-7,9,21-29,31-33,35,42-44H2,1-3H3/t51?,53-,54+,58?,69+/m1/s1. The monoisotopic (exact) mass is 1190 g/mol. The number of nitrogens with zero attached hydrogens (tertiary/aromatic N) is 6. The molecule has 2 unspecified atom stereocenters. The summed E-state index contributed by atoms with van der Waals surface area (Å²) in [5.41, 5.74) is 14.0. The maximum Gasteiger partial charge on any atom is 0.261 e. The average molecular weight is 1190 g/mol. The maximum absolute atomic E-state index is 14.5. The summed E-state index contributed by atoms with van der Waals surface area (Å²) in [5, 5.41) is 3.46. The van der Waals surface area contributed by atoms with Gasteiger partial charge in [-0.1, -0.05) is 36.4 Å². The number of amides is 4. The summed E-state index contributed by atoms with van der Waals surface area (Å²) < 4.78 is 16.9. The highest BCUT2D eigenvalue weighted by atomic mass is 16.5. The molecule has 3 fully saturated rings. The molecule has 4 amide bonds. The van der Waals surface area contributed by atoms with Crippen LogP contribution in [0, 0.1) is 0 Å². The van der Waals surface area contributed by atoms with Crippen molar-refractivity contribution in [3.05, 3.63) is 195 Å². The van der Waals surface area contributed by atoms with E-state index in [4.69, 9.17) is 14.2 Å². The smallest absolute Gasteiger partial charge is 0.261 e. The quantitative estimate of drug-likeness (QED) is 0.0590. The van der Waals surface area contributed by atoms with E-state index in [0.717, 1.165) is 145 Å². The van der Waals surface area contributed by atoms with E-state index in [9.17, 15) is 19.2 Å². The summed E-state index contributed by atoms with van der Waals surface area (Å²) in [4.78, 5) is 80.0. The summed E-state index contributed by atoms with van der Waals surface area (Å²) in [6.45, 7) is 7.71. The fraction of sp³-hybridized carbons (Fsp3) is 0.370. The molecule has 3 N–H and O–H groups in total. The summed E-state index contributed by atoms with van der Waals surface area (Å²) in [6, 6.07) is 39.7. The number of rotatable bonds is 21. The van der Waals surface area contributed by atoms with E-state index in [1.54, 1.807) is 21.3 Å². The Bertz CT molecular complexity index is 4220. The van der Waals surface area contributed by atoms with Crippen molar-refractivity contribution in [2.45, 2.75) is 94.4 Å². The van der Waals surface area contributed by atoms with E-state index in [0.29, 0.717) is 63.0 Å². The summed E-state index contributed by atoms with van der Waals surface area (Å²) in [7, 11) is 5.10. The van der Waals surface area contributed by atoms with Crippen LogP contribution >= 0.6 is 0 Å². The van der Waals surface area contributed by atoms with Crippen molar-refractivity contribution in [1.82, 2.24) is 44.4 Å². The van der Waals surface area contributed by atoms with Gasteiger partial charge in [0.2, 0.25) is 0 Å². The van der Waals surface area contributed by atoms with Crippen molar-refractivity contribution in [3.63, 3.8) is 0 Å². The third-order valence-electron chi connectivity index (χ3n) is 20.9. The average Bonchev–Trinajstić information content (AvgIpc) is 2.01. The Labute approximate surface area is 518 Å². The topological polar surface area (TPSA) is 163 Å². The van der Waals surface area contributed by atoms with Gasteiger partial charge in [-0.05, 0) is 188 Å². The number of methoxy groups -OCH3 is 3.